The Balaban J connectivity index is -0.0000000917. The van der Waals surface area contributed by atoms with Crippen LogP contribution in [0.4, 0.5) is 0 Å². The zero-order valence-electron chi connectivity index (χ0n) is 10.1. The first-order chi connectivity index (χ1) is 8.88. The molecule has 0 atom stereocenters. The summed E-state index contributed by atoms with van der Waals surface area (Å²) >= 11 is 0. The van der Waals surface area contributed by atoms with E-state index in [-0.39, 0.29) is 19.8 Å². The Labute approximate surface area is 110 Å². The summed E-state index contributed by atoms with van der Waals surface area (Å²) in [5.74, 6) is 0. The number of aliphatic hydroxyl groups is 3. The van der Waals surface area contributed by atoms with Gasteiger partial charge in [0.05, 0.1) is 19.8 Å². The highest BCUT2D eigenvalue weighted by molar-refractivity contribution is 4.69. The predicted molar refractivity (Wildman–Crippen MR) is 55.7 cm³/mol. The highest BCUT2D eigenvalue weighted by Crippen LogP contribution is 2.10. The second-order valence-corrected chi connectivity index (χ2v) is 3.00. The van der Waals surface area contributed by atoms with Crippen LogP contribution in [0.3, 0.4) is 0 Å². The summed E-state index contributed by atoms with van der Waals surface area (Å²) in [6, 6.07) is 0. The summed E-state index contributed by atoms with van der Waals surface area (Å²) in [6.07, 6.45) is 0. The van der Waals surface area contributed by atoms with Crippen molar-refractivity contribution in [3.63, 3.8) is 0 Å². The van der Waals surface area contributed by atoms with E-state index in [0.29, 0.717) is 0 Å². The molecule has 0 aromatic rings. The Kier molecular flexibility index (Phi) is 21.5. The molecule has 0 heterocycles. The van der Waals surface area contributed by atoms with Crippen LogP contribution in [0.1, 0.15) is 6.92 Å². The van der Waals surface area contributed by atoms with Crippen LogP contribution in [-0.4, -0.2) is 66.0 Å². The molecule has 0 spiro atoms. The van der Waals surface area contributed by atoms with Gasteiger partial charge < -0.3 is 30.9 Å². The van der Waals surface area contributed by atoms with Gasteiger partial charge in [-0.15, -0.1) is 30.3 Å². The Morgan fingerprint density at radius 1 is 0.750 bits per heavy atom. The first kappa shape index (κ1) is 26.1. The lowest BCUT2D eigenvalue weighted by Crippen LogP contribution is -2.29. The molecule has 15 heteroatoms. The van der Waals surface area contributed by atoms with Gasteiger partial charge in [-0.1, -0.05) is 6.92 Å². The van der Waals surface area contributed by atoms with E-state index in [1.807, 2.05) is 0 Å². The van der Waals surface area contributed by atoms with Crippen molar-refractivity contribution in [1.29, 1.82) is 0 Å². The van der Waals surface area contributed by atoms with Crippen LogP contribution in [-0.2, 0) is 0 Å². The normalized spacial score (nSPS) is 8.40. The molecule has 0 rings (SSSR count). The van der Waals surface area contributed by atoms with Crippen molar-refractivity contribution in [1.82, 2.24) is 0 Å². The monoisotopic (exact) mass is 309 g/mol. The lowest BCUT2D eigenvalue weighted by molar-refractivity contribution is -0.742. The molecule has 6 N–H and O–H groups in total. The first-order valence-electron chi connectivity index (χ1n) is 4.20. The molecular weight excluding hydrogens is 294 g/mol. The van der Waals surface area contributed by atoms with E-state index in [9.17, 15) is 0 Å². The SMILES string of the molecule is CC(CO)(CO)CO.O=[N+]([O-])O.O=[N+]([O-])O.O=[N+]([O-])O. The molecule has 0 aliphatic carbocycles. The zero-order chi connectivity index (χ0) is 17.4. The highest BCUT2D eigenvalue weighted by atomic mass is 16.9. The van der Waals surface area contributed by atoms with Gasteiger partial charge in [0.2, 0.25) is 0 Å². The van der Waals surface area contributed by atoms with Gasteiger partial charge in [0.25, 0.3) is 15.3 Å². The molecule has 15 nitrogen and oxygen atoms in total. The fourth-order valence-corrected chi connectivity index (χ4v) is 0.150. The molecule has 0 aliphatic rings. The molecule has 0 fully saturated rings. The van der Waals surface area contributed by atoms with Crippen molar-refractivity contribution in [2.75, 3.05) is 19.8 Å². The smallest absolute Gasteiger partial charge is 0.291 e. The van der Waals surface area contributed by atoms with E-state index >= 15 is 0 Å². The van der Waals surface area contributed by atoms with Crippen molar-refractivity contribution in [3.05, 3.63) is 30.3 Å². The van der Waals surface area contributed by atoms with Gasteiger partial charge in [0.1, 0.15) is 0 Å². The molecular formula is C5H15N3O12. The summed E-state index contributed by atoms with van der Waals surface area (Å²) < 4.78 is 0. The Hall–Kier alpha value is -2.52. The molecule has 0 unspecified atom stereocenters. The van der Waals surface area contributed by atoms with E-state index in [0.717, 1.165) is 0 Å². The van der Waals surface area contributed by atoms with Crippen LogP contribution in [0.5, 0.6) is 0 Å². The van der Waals surface area contributed by atoms with Gasteiger partial charge in [0, 0.05) is 5.41 Å². The molecule has 0 aliphatic heterocycles. The fraction of sp³-hybridized carbons (Fsp3) is 1.00. The Bertz CT molecular complexity index is 217. The minimum absolute atomic E-state index is 0.181. The largest absolute Gasteiger partial charge is 0.396 e. The van der Waals surface area contributed by atoms with Gasteiger partial charge in [-0.2, -0.15) is 0 Å². The average molecular weight is 309 g/mol. The molecule has 0 aromatic carbocycles. The average Bonchev–Trinajstić information content (AvgIpc) is 2.26. The van der Waals surface area contributed by atoms with Crippen LogP contribution in [0.2, 0.25) is 0 Å². The van der Waals surface area contributed by atoms with Crippen molar-refractivity contribution in [2.24, 2.45) is 5.41 Å². The minimum atomic E-state index is -1.50. The summed E-state index contributed by atoms with van der Waals surface area (Å²) in [5, 5.41) is 66.3. The van der Waals surface area contributed by atoms with Gasteiger partial charge in [-0.05, 0) is 0 Å². The number of aliphatic hydroxyl groups excluding tert-OH is 3. The predicted octanol–water partition coefficient (Wildman–Crippen LogP) is -2.07. The summed E-state index contributed by atoms with van der Waals surface area (Å²) in [4.78, 5) is 25.1. The van der Waals surface area contributed by atoms with Gasteiger partial charge in [0.15, 0.2) is 0 Å². The van der Waals surface area contributed by atoms with Crippen molar-refractivity contribution < 1.29 is 46.2 Å². The molecule has 0 radical (unpaired) electrons. The van der Waals surface area contributed by atoms with E-state index < -0.39 is 20.7 Å². The van der Waals surface area contributed by atoms with Crippen LogP contribution in [0, 0.1) is 35.8 Å². The standard InChI is InChI=1S/C5H12O3.3HNO3/c1-5(2-6,3-7)4-8;3*2-1(3)4/h6-8H,2-4H2,1H3;3*(H,2,3,4). The molecule has 0 bridgehead atoms. The van der Waals surface area contributed by atoms with Crippen molar-refractivity contribution >= 4 is 0 Å². The van der Waals surface area contributed by atoms with Crippen molar-refractivity contribution in [2.45, 2.75) is 6.92 Å². The lowest BCUT2D eigenvalue weighted by atomic mass is 9.95. The zero-order valence-corrected chi connectivity index (χ0v) is 10.1. The minimum Gasteiger partial charge on any atom is -0.396 e. The highest BCUT2D eigenvalue weighted by Gasteiger charge is 2.20. The topological polar surface area (TPSA) is 251 Å². The van der Waals surface area contributed by atoms with E-state index in [4.69, 9.17) is 61.3 Å². The third-order valence-corrected chi connectivity index (χ3v) is 1.15. The fourth-order valence-electron chi connectivity index (χ4n) is 0.150. The quantitative estimate of drug-likeness (QED) is 0.242. The summed E-state index contributed by atoms with van der Waals surface area (Å²) in [7, 11) is 0. The third-order valence-electron chi connectivity index (χ3n) is 1.15. The van der Waals surface area contributed by atoms with Crippen molar-refractivity contribution in [3.8, 4) is 0 Å². The summed E-state index contributed by atoms with van der Waals surface area (Å²) in [5.41, 5.74) is -0.708. The number of rotatable bonds is 3. The third kappa shape index (κ3) is 77.3. The Morgan fingerprint density at radius 2 is 0.850 bits per heavy atom. The van der Waals surface area contributed by atoms with E-state index in [1.165, 1.54) is 0 Å². The number of hydrogen-bond acceptors (Lipinski definition) is 9. The molecule has 122 valence electrons. The van der Waals surface area contributed by atoms with Gasteiger partial charge in [-0.25, -0.2) is 0 Å². The Morgan fingerprint density at radius 3 is 0.850 bits per heavy atom. The molecule has 0 aromatic heterocycles. The van der Waals surface area contributed by atoms with Gasteiger partial charge in [-0.3, -0.25) is 0 Å². The van der Waals surface area contributed by atoms with Gasteiger partial charge >= 0.3 is 0 Å². The lowest BCUT2D eigenvalue weighted by Gasteiger charge is -2.20. The summed E-state index contributed by atoms with van der Waals surface area (Å²) in [6.45, 7) is 1.06. The number of hydrogen-bond donors (Lipinski definition) is 6. The van der Waals surface area contributed by atoms with Crippen LogP contribution >= 0.6 is 0 Å². The maximum atomic E-state index is 8.47. The van der Waals surface area contributed by atoms with Crippen LogP contribution in [0.15, 0.2) is 0 Å². The maximum Gasteiger partial charge on any atom is 0.291 e. The van der Waals surface area contributed by atoms with Crippen LogP contribution < -0.4 is 0 Å². The molecule has 20 heavy (non-hydrogen) atoms. The van der Waals surface area contributed by atoms with E-state index in [2.05, 4.69) is 0 Å². The van der Waals surface area contributed by atoms with E-state index in [1.54, 1.807) is 6.92 Å². The molecule has 0 saturated carbocycles. The first-order valence-corrected chi connectivity index (χ1v) is 4.20. The maximum absolute atomic E-state index is 8.47. The van der Waals surface area contributed by atoms with Crippen LogP contribution in [0.25, 0.3) is 0 Å². The molecule has 0 amide bonds. The molecule has 0 saturated heterocycles. The second-order valence-electron chi connectivity index (χ2n) is 3.00. The number of nitrogens with zero attached hydrogens (tertiary/aromatic N) is 3. The second kappa shape index (κ2) is 16.5.